The molecule has 5 heteroatoms. The van der Waals surface area contributed by atoms with E-state index in [0.29, 0.717) is 24.4 Å². The molecule has 17 heavy (non-hydrogen) atoms. The van der Waals surface area contributed by atoms with E-state index in [2.05, 4.69) is 10.5 Å². The Morgan fingerprint density at radius 3 is 2.82 bits per heavy atom. The predicted molar refractivity (Wildman–Crippen MR) is 60.5 cm³/mol. The van der Waals surface area contributed by atoms with E-state index in [1.165, 1.54) is 0 Å². The van der Waals surface area contributed by atoms with Crippen LogP contribution in [0.1, 0.15) is 41.1 Å². The fourth-order valence-corrected chi connectivity index (χ4v) is 2.16. The lowest BCUT2D eigenvalue weighted by Crippen LogP contribution is -2.31. The zero-order valence-corrected chi connectivity index (χ0v) is 10.1. The number of hydrogen-bond donors (Lipinski definition) is 1. The van der Waals surface area contributed by atoms with Crippen LogP contribution in [0.15, 0.2) is 4.52 Å². The normalized spacial score (nSPS) is 23.9. The third kappa shape index (κ3) is 2.48. The second-order valence-corrected chi connectivity index (χ2v) is 4.63. The molecule has 94 valence electrons. The summed E-state index contributed by atoms with van der Waals surface area (Å²) in [5, 5.41) is 6.42. The van der Waals surface area contributed by atoms with E-state index in [4.69, 9.17) is 4.52 Å². The molecule has 1 amide bonds. The standard InChI is InChI=1S/C12H17FN2O2/c1-7-8(2)17-15-11(7)12(16)14-6-9-4-3-5-10(9)13/h9-10H,3-6H2,1-2H3,(H,14,16). The molecule has 1 saturated carbocycles. The van der Waals surface area contributed by atoms with E-state index in [9.17, 15) is 9.18 Å². The van der Waals surface area contributed by atoms with Gasteiger partial charge in [-0.3, -0.25) is 4.79 Å². The van der Waals surface area contributed by atoms with E-state index < -0.39 is 6.17 Å². The molecule has 1 fully saturated rings. The van der Waals surface area contributed by atoms with Crippen molar-refractivity contribution in [3.8, 4) is 0 Å². The summed E-state index contributed by atoms with van der Waals surface area (Å²) in [6.45, 7) is 3.92. The largest absolute Gasteiger partial charge is 0.361 e. The van der Waals surface area contributed by atoms with Gasteiger partial charge in [-0.2, -0.15) is 0 Å². The lowest BCUT2D eigenvalue weighted by atomic mass is 10.1. The Morgan fingerprint density at radius 1 is 1.53 bits per heavy atom. The average molecular weight is 240 g/mol. The van der Waals surface area contributed by atoms with Crippen molar-refractivity contribution in [3.05, 3.63) is 17.0 Å². The van der Waals surface area contributed by atoms with Gasteiger partial charge in [0.05, 0.1) is 0 Å². The van der Waals surface area contributed by atoms with Crippen LogP contribution in [0.2, 0.25) is 0 Å². The van der Waals surface area contributed by atoms with Crippen LogP contribution in [-0.4, -0.2) is 23.8 Å². The second kappa shape index (κ2) is 4.85. The molecule has 0 bridgehead atoms. The van der Waals surface area contributed by atoms with Crippen LogP contribution in [0.3, 0.4) is 0 Å². The molecular formula is C12H17FN2O2. The van der Waals surface area contributed by atoms with Crippen molar-refractivity contribution in [2.24, 2.45) is 5.92 Å². The summed E-state index contributed by atoms with van der Waals surface area (Å²) in [4.78, 5) is 11.8. The van der Waals surface area contributed by atoms with E-state index in [1.807, 2.05) is 0 Å². The van der Waals surface area contributed by atoms with Crippen molar-refractivity contribution in [1.29, 1.82) is 0 Å². The summed E-state index contributed by atoms with van der Waals surface area (Å²) in [5.74, 6) is 0.310. The van der Waals surface area contributed by atoms with Crippen LogP contribution < -0.4 is 5.32 Å². The highest BCUT2D eigenvalue weighted by atomic mass is 19.1. The lowest BCUT2D eigenvalue weighted by Gasteiger charge is -2.12. The van der Waals surface area contributed by atoms with Crippen LogP contribution in [0.4, 0.5) is 4.39 Å². The highest BCUT2D eigenvalue weighted by molar-refractivity contribution is 5.93. The Balaban J connectivity index is 1.91. The Labute approximate surface area is 99.6 Å². The van der Waals surface area contributed by atoms with Crippen LogP contribution in [-0.2, 0) is 0 Å². The van der Waals surface area contributed by atoms with Crippen molar-refractivity contribution in [2.75, 3.05) is 6.54 Å². The minimum Gasteiger partial charge on any atom is -0.361 e. The van der Waals surface area contributed by atoms with Crippen LogP contribution in [0.5, 0.6) is 0 Å². The number of aryl methyl sites for hydroxylation is 1. The summed E-state index contributed by atoms with van der Waals surface area (Å²) in [7, 11) is 0. The van der Waals surface area contributed by atoms with Crippen LogP contribution >= 0.6 is 0 Å². The van der Waals surface area contributed by atoms with Crippen molar-refractivity contribution in [1.82, 2.24) is 10.5 Å². The average Bonchev–Trinajstić information content (AvgIpc) is 2.84. The monoisotopic (exact) mass is 240 g/mol. The molecule has 0 saturated heterocycles. The van der Waals surface area contributed by atoms with Crippen molar-refractivity contribution < 1.29 is 13.7 Å². The molecule has 0 radical (unpaired) electrons. The highest BCUT2D eigenvalue weighted by Gasteiger charge is 2.27. The Kier molecular flexibility index (Phi) is 3.45. The predicted octanol–water partition coefficient (Wildman–Crippen LogP) is 2.16. The quantitative estimate of drug-likeness (QED) is 0.880. The van der Waals surface area contributed by atoms with Gasteiger partial charge in [-0.05, 0) is 26.7 Å². The molecule has 0 aromatic carbocycles. The number of rotatable bonds is 3. The molecule has 0 spiro atoms. The number of aromatic nitrogens is 1. The zero-order chi connectivity index (χ0) is 12.4. The molecule has 2 unspecified atom stereocenters. The molecule has 1 heterocycles. The minimum atomic E-state index is -0.782. The smallest absolute Gasteiger partial charge is 0.273 e. The van der Waals surface area contributed by atoms with Gasteiger partial charge in [-0.1, -0.05) is 11.6 Å². The Hall–Kier alpha value is -1.39. The minimum absolute atomic E-state index is 0.0488. The molecule has 2 rings (SSSR count). The SMILES string of the molecule is Cc1onc(C(=O)NCC2CCCC2F)c1C. The van der Waals surface area contributed by atoms with Gasteiger partial charge in [-0.25, -0.2) is 4.39 Å². The molecular weight excluding hydrogens is 223 g/mol. The summed E-state index contributed by atoms with van der Waals surface area (Å²) in [5.41, 5.74) is 1.04. The third-order valence-electron chi connectivity index (χ3n) is 3.46. The van der Waals surface area contributed by atoms with E-state index in [-0.39, 0.29) is 11.8 Å². The Morgan fingerprint density at radius 2 is 2.29 bits per heavy atom. The summed E-state index contributed by atoms with van der Waals surface area (Å²) in [6, 6.07) is 0. The number of carbonyl (C=O) groups excluding carboxylic acids is 1. The number of nitrogens with zero attached hydrogens (tertiary/aromatic N) is 1. The summed E-state index contributed by atoms with van der Waals surface area (Å²) in [6.07, 6.45) is 1.58. The van der Waals surface area contributed by atoms with Gasteiger partial charge in [0.15, 0.2) is 5.69 Å². The maximum absolute atomic E-state index is 13.3. The maximum atomic E-state index is 13.3. The molecule has 1 aliphatic rings. The molecule has 1 aromatic heterocycles. The van der Waals surface area contributed by atoms with Gasteiger partial charge in [0, 0.05) is 18.0 Å². The van der Waals surface area contributed by atoms with Crippen molar-refractivity contribution in [2.45, 2.75) is 39.3 Å². The van der Waals surface area contributed by atoms with Gasteiger partial charge in [-0.15, -0.1) is 0 Å². The van der Waals surface area contributed by atoms with Crippen molar-refractivity contribution in [3.63, 3.8) is 0 Å². The fourth-order valence-electron chi connectivity index (χ4n) is 2.16. The lowest BCUT2D eigenvalue weighted by molar-refractivity contribution is 0.0931. The molecule has 0 aliphatic heterocycles. The fraction of sp³-hybridized carbons (Fsp3) is 0.667. The van der Waals surface area contributed by atoms with E-state index in [1.54, 1.807) is 13.8 Å². The first kappa shape index (κ1) is 12.1. The summed E-state index contributed by atoms with van der Waals surface area (Å²) < 4.78 is 18.3. The van der Waals surface area contributed by atoms with E-state index >= 15 is 0 Å². The number of hydrogen-bond acceptors (Lipinski definition) is 3. The molecule has 1 aliphatic carbocycles. The maximum Gasteiger partial charge on any atom is 0.273 e. The number of amides is 1. The number of nitrogens with one attached hydrogen (secondary N) is 1. The molecule has 2 atom stereocenters. The first-order valence-electron chi connectivity index (χ1n) is 5.94. The van der Waals surface area contributed by atoms with Crippen LogP contribution in [0.25, 0.3) is 0 Å². The zero-order valence-electron chi connectivity index (χ0n) is 10.1. The Bertz CT molecular complexity index is 417. The van der Waals surface area contributed by atoms with Gasteiger partial charge < -0.3 is 9.84 Å². The highest BCUT2D eigenvalue weighted by Crippen LogP contribution is 2.27. The number of alkyl halides is 1. The van der Waals surface area contributed by atoms with Crippen LogP contribution in [0, 0.1) is 19.8 Å². The van der Waals surface area contributed by atoms with Gasteiger partial charge >= 0.3 is 0 Å². The van der Waals surface area contributed by atoms with Gasteiger partial charge in [0.25, 0.3) is 5.91 Å². The van der Waals surface area contributed by atoms with Gasteiger partial charge in [0.1, 0.15) is 11.9 Å². The summed E-state index contributed by atoms with van der Waals surface area (Å²) >= 11 is 0. The van der Waals surface area contributed by atoms with E-state index in [0.717, 1.165) is 18.4 Å². The first-order valence-corrected chi connectivity index (χ1v) is 5.94. The second-order valence-electron chi connectivity index (χ2n) is 4.63. The first-order chi connectivity index (χ1) is 8.09. The number of carbonyl (C=O) groups is 1. The van der Waals surface area contributed by atoms with Gasteiger partial charge in [0.2, 0.25) is 0 Å². The van der Waals surface area contributed by atoms with Crippen molar-refractivity contribution >= 4 is 5.91 Å². The third-order valence-corrected chi connectivity index (χ3v) is 3.46. The number of halogens is 1. The molecule has 1 aromatic rings. The molecule has 1 N–H and O–H groups in total. The molecule has 4 nitrogen and oxygen atoms in total. The topological polar surface area (TPSA) is 55.1 Å².